The zero-order chi connectivity index (χ0) is 20.5. The summed E-state index contributed by atoms with van der Waals surface area (Å²) in [7, 11) is 0. The Morgan fingerprint density at radius 1 is 1.21 bits per heavy atom. The minimum Gasteiger partial charge on any atom is -0.482 e. The van der Waals surface area contributed by atoms with Crippen LogP contribution in [-0.2, 0) is 4.79 Å². The molecule has 9 heteroatoms. The van der Waals surface area contributed by atoms with Gasteiger partial charge in [0.05, 0.1) is 22.1 Å². The lowest BCUT2D eigenvalue weighted by atomic mass is 10.2. The van der Waals surface area contributed by atoms with Gasteiger partial charge in [0.2, 0.25) is 5.43 Å². The van der Waals surface area contributed by atoms with Gasteiger partial charge < -0.3 is 15.4 Å². The quantitative estimate of drug-likeness (QED) is 0.691. The maximum atomic E-state index is 12.7. The second kappa shape index (κ2) is 7.40. The summed E-state index contributed by atoms with van der Waals surface area (Å²) in [5.74, 6) is -0.639. The van der Waals surface area contributed by atoms with E-state index in [0.717, 1.165) is 5.69 Å². The maximum absolute atomic E-state index is 12.7. The van der Waals surface area contributed by atoms with E-state index in [4.69, 9.17) is 16.3 Å². The molecule has 3 aromatic rings. The minimum atomic E-state index is -0.707. The lowest BCUT2D eigenvalue weighted by Gasteiger charge is -2.19. The van der Waals surface area contributed by atoms with E-state index in [2.05, 4.69) is 15.7 Å². The summed E-state index contributed by atoms with van der Waals surface area (Å²) in [6.45, 7) is 1.60. The zero-order valence-corrected chi connectivity index (χ0v) is 16.0. The topological polar surface area (TPSA) is 102 Å². The number of anilines is 2. The number of hydrogen-bond donors (Lipinski definition) is 2. The van der Waals surface area contributed by atoms with Gasteiger partial charge in [-0.2, -0.15) is 5.10 Å². The van der Waals surface area contributed by atoms with Gasteiger partial charge in [-0.3, -0.25) is 14.4 Å². The fourth-order valence-electron chi connectivity index (χ4n) is 2.91. The average molecular weight is 411 g/mol. The van der Waals surface area contributed by atoms with Crippen molar-refractivity contribution in [2.75, 3.05) is 17.2 Å². The molecule has 2 aromatic carbocycles. The average Bonchev–Trinajstić information content (AvgIpc) is 2.69. The van der Waals surface area contributed by atoms with Crippen LogP contribution >= 0.6 is 11.6 Å². The number of nitrogens with one attached hydrogen (secondary N) is 2. The largest absolute Gasteiger partial charge is 0.482 e. The van der Waals surface area contributed by atoms with Crippen LogP contribution in [0.5, 0.6) is 5.75 Å². The van der Waals surface area contributed by atoms with Crippen molar-refractivity contribution in [3.63, 3.8) is 0 Å². The Morgan fingerprint density at radius 2 is 1.97 bits per heavy atom. The molecule has 0 spiro atoms. The van der Waals surface area contributed by atoms with Crippen LogP contribution in [0.1, 0.15) is 16.2 Å². The van der Waals surface area contributed by atoms with Crippen LogP contribution in [-0.4, -0.2) is 28.2 Å². The summed E-state index contributed by atoms with van der Waals surface area (Å²) in [6.07, 6.45) is 0. The van der Waals surface area contributed by atoms with Crippen molar-refractivity contribution >= 4 is 34.8 Å². The molecule has 0 saturated carbocycles. The monoisotopic (exact) mass is 410 g/mol. The minimum absolute atomic E-state index is 0.136. The van der Waals surface area contributed by atoms with Crippen LogP contribution < -0.4 is 20.8 Å². The molecule has 146 valence electrons. The number of nitrogens with zero attached hydrogens (tertiary/aromatic N) is 2. The van der Waals surface area contributed by atoms with E-state index < -0.39 is 11.3 Å². The van der Waals surface area contributed by atoms with Crippen molar-refractivity contribution in [2.24, 2.45) is 0 Å². The Balaban J connectivity index is 1.67. The van der Waals surface area contributed by atoms with Crippen LogP contribution in [0.4, 0.5) is 11.4 Å². The molecule has 0 saturated heterocycles. The molecular formula is C20H15ClN4O4. The number of carbonyl (C=O) groups is 2. The Bertz CT molecular complexity index is 1190. The van der Waals surface area contributed by atoms with Crippen LogP contribution in [0.2, 0.25) is 5.02 Å². The zero-order valence-electron chi connectivity index (χ0n) is 15.2. The van der Waals surface area contributed by atoms with Gasteiger partial charge in [0.25, 0.3) is 11.8 Å². The van der Waals surface area contributed by atoms with E-state index in [9.17, 15) is 14.4 Å². The van der Waals surface area contributed by atoms with Crippen molar-refractivity contribution < 1.29 is 14.3 Å². The number of ether oxygens (including phenoxy) is 1. The van der Waals surface area contributed by atoms with Gasteiger partial charge in [0, 0.05) is 17.8 Å². The predicted molar refractivity (Wildman–Crippen MR) is 108 cm³/mol. The number of hydrogen-bond acceptors (Lipinski definition) is 5. The molecule has 2 heterocycles. The lowest BCUT2D eigenvalue weighted by molar-refractivity contribution is -0.118. The van der Waals surface area contributed by atoms with E-state index in [1.165, 1.54) is 22.9 Å². The highest BCUT2D eigenvalue weighted by Gasteiger charge is 2.21. The summed E-state index contributed by atoms with van der Waals surface area (Å²) in [5.41, 5.74) is 1.17. The first-order chi connectivity index (χ1) is 13.9. The van der Waals surface area contributed by atoms with E-state index in [-0.39, 0.29) is 28.9 Å². The summed E-state index contributed by atoms with van der Waals surface area (Å²) < 4.78 is 6.85. The second-order valence-electron chi connectivity index (χ2n) is 6.37. The van der Waals surface area contributed by atoms with Gasteiger partial charge in [-0.25, -0.2) is 4.68 Å². The molecule has 29 heavy (non-hydrogen) atoms. The molecule has 0 unspecified atom stereocenters. The first-order valence-corrected chi connectivity index (χ1v) is 9.04. The highest BCUT2D eigenvalue weighted by molar-refractivity contribution is 6.34. The molecule has 1 aliphatic heterocycles. The maximum Gasteiger partial charge on any atom is 0.280 e. The number of carbonyl (C=O) groups excluding carboxylic acids is 2. The first kappa shape index (κ1) is 18.7. The summed E-state index contributed by atoms with van der Waals surface area (Å²) in [4.78, 5) is 36.5. The highest BCUT2D eigenvalue weighted by atomic mass is 35.5. The van der Waals surface area contributed by atoms with Crippen LogP contribution in [0.3, 0.4) is 0 Å². The fourth-order valence-corrected chi connectivity index (χ4v) is 3.12. The second-order valence-corrected chi connectivity index (χ2v) is 6.77. The van der Waals surface area contributed by atoms with Crippen LogP contribution in [0.25, 0.3) is 5.69 Å². The van der Waals surface area contributed by atoms with E-state index >= 15 is 0 Å². The molecule has 0 bridgehead atoms. The number of para-hydroxylation sites is 1. The van der Waals surface area contributed by atoms with Gasteiger partial charge in [-0.05, 0) is 25.1 Å². The van der Waals surface area contributed by atoms with E-state index in [1.54, 1.807) is 6.92 Å². The smallest absolute Gasteiger partial charge is 0.280 e. The van der Waals surface area contributed by atoms with Crippen molar-refractivity contribution in [1.82, 2.24) is 9.78 Å². The summed E-state index contributed by atoms with van der Waals surface area (Å²) >= 11 is 6.21. The number of fused-ring (bicyclic) bond motifs is 1. The van der Waals surface area contributed by atoms with Gasteiger partial charge in [0.1, 0.15) is 5.75 Å². The summed E-state index contributed by atoms with van der Waals surface area (Å²) in [6, 6.07) is 13.5. The van der Waals surface area contributed by atoms with Crippen LogP contribution in [0.15, 0.2) is 53.3 Å². The molecule has 8 nitrogen and oxygen atoms in total. The van der Waals surface area contributed by atoms with Gasteiger partial charge in [-0.15, -0.1) is 0 Å². The molecule has 1 aliphatic rings. The SMILES string of the molecule is Cc1cc(=O)c(C(=O)Nc2cc3c(cc2Cl)NC(=O)CO3)nn1-c1ccccc1. The fraction of sp³-hybridized carbons (Fsp3) is 0.100. The van der Waals surface area contributed by atoms with Gasteiger partial charge in [0.15, 0.2) is 12.3 Å². The Labute approximate surface area is 170 Å². The van der Waals surface area contributed by atoms with Gasteiger partial charge in [-0.1, -0.05) is 29.8 Å². The molecule has 0 aliphatic carbocycles. The van der Waals surface area contributed by atoms with Crippen molar-refractivity contribution in [3.05, 3.63) is 75.2 Å². The number of benzene rings is 2. The van der Waals surface area contributed by atoms with Crippen molar-refractivity contribution in [3.8, 4) is 11.4 Å². The van der Waals surface area contributed by atoms with Crippen LogP contribution in [0, 0.1) is 6.92 Å². The first-order valence-electron chi connectivity index (χ1n) is 8.66. The molecule has 2 amide bonds. The molecule has 0 fully saturated rings. The third-order valence-corrected chi connectivity index (χ3v) is 4.59. The van der Waals surface area contributed by atoms with Crippen molar-refractivity contribution in [1.29, 1.82) is 0 Å². The Morgan fingerprint density at radius 3 is 2.72 bits per heavy atom. The molecular weight excluding hydrogens is 396 g/mol. The highest BCUT2D eigenvalue weighted by Crippen LogP contribution is 2.36. The molecule has 1 aromatic heterocycles. The van der Waals surface area contributed by atoms with Crippen molar-refractivity contribution in [2.45, 2.75) is 6.92 Å². The number of rotatable bonds is 3. The standard InChI is InChI=1S/C20H15ClN4O4/c1-11-7-16(26)19(24-25(11)12-5-3-2-4-6-12)20(28)23-14-9-17-15(8-13(14)21)22-18(27)10-29-17/h2-9H,10H2,1H3,(H,22,27)(H,23,28). The summed E-state index contributed by atoms with van der Waals surface area (Å²) in [5, 5.41) is 9.62. The van der Waals surface area contributed by atoms with Gasteiger partial charge >= 0.3 is 0 Å². The predicted octanol–water partition coefficient (Wildman–Crippen LogP) is 2.78. The molecule has 0 radical (unpaired) electrons. The Hall–Kier alpha value is -3.65. The molecule has 4 rings (SSSR count). The number of aromatic nitrogens is 2. The third-order valence-electron chi connectivity index (χ3n) is 4.27. The Kier molecular flexibility index (Phi) is 4.77. The third kappa shape index (κ3) is 3.70. The molecule has 0 atom stereocenters. The number of aryl methyl sites for hydroxylation is 1. The van der Waals surface area contributed by atoms with E-state index in [1.807, 2.05) is 30.3 Å². The number of halogens is 1. The number of amides is 2. The molecule has 2 N–H and O–H groups in total. The van der Waals surface area contributed by atoms with E-state index in [0.29, 0.717) is 17.1 Å². The lowest BCUT2D eigenvalue weighted by Crippen LogP contribution is -2.27. The normalized spacial score (nSPS) is 12.6.